The number of nitrogens with two attached hydrogens (primary N) is 1. The van der Waals surface area contributed by atoms with Crippen molar-refractivity contribution in [2.75, 3.05) is 11.1 Å². The lowest BCUT2D eigenvalue weighted by Crippen LogP contribution is -2.14. The molecule has 2 rings (SSSR count). The Morgan fingerprint density at radius 2 is 1.75 bits per heavy atom. The summed E-state index contributed by atoms with van der Waals surface area (Å²) in [6, 6.07) is 8.54. The van der Waals surface area contributed by atoms with Crippen molar-refractivity contribution in [1.29, 1.82) is 0 Å². The average molecular weight is 309 g/mol. The van der Waals surface area contributed by atoms with Gasteiger partial charge in [-0.2, -0.15) is 0 Å². The largest absolute Gasteiger partial charge is 0.399 e. The number of carbonyl (C=O) groups excluding carboxylic acids is 1. The molecule has 2 aromatic rings. The van der Waals surface area contributed by atoms with Gasteiger partial charge in [0.25, 0.3) is 5.91 Å². The molecule has 0 aliphatic heterocycles. The number of aryl methyl sites for hydroxylation is 2. The Labute approximate surface area is 127 Å². The Morgan fingerprint density at radius 1 is 1.05 bits per heavy atom. The maximum atomic E-state index is 12.3. The highest BCUT2D eigenvalue weighted by Gasteiger charge is 2.12. The summed E-state index contributed by atoms with van der Waals surface area (Å²) in [6.07, 6.45) is 0. The van der Waals surface area contributed by atoms with Crippen LogP contribution in [0.1, 0.15) is 21.5 Å². The summed E-state index contributed by atoms with van der Waals surface area (Å²) >= 11 is 12.1. The molecule has 0 aliphatic carbocycles. The molecule has 3 nitrogen and oxygen atoms in total. The van der Waals surface area contributed by atoms with Crippen molar-refractivity contribution in [3.8, 4) is 0 Å². The zero-order valence-corrected chi connectivity index (χ0v) is 12.6. The molecule has 0 spiro atoms. The summed E-state index contributed by atoms with van der Waals surface area (Å²) in [6.45, 7) is 3.69. The lowest BCUT2D eigenvalue weighted by Gasteiger charge is -2.11. The third-order valence-electron chi connectivity index (χ3n) is 3.00. The quantitative estimate of drug-likeness (QED) is 0.806. The topological polar surface area (TPSA) is 55.1 Å². The zero-order chi connectivity index (χ0) is 14.9. The Morgan fingerprint density at radius 3 is 2.45 bits per heavy atom. The number of benzene rings is 2. The molecule has 0 aromatic heterocycles. The number of hydrogen-bond donors (Lipinski definition) is 2. The van der Waals surface area contributed by atoms with Gasteiger partial charge in [0.2, 0.25) is 0 Å². The van der Waals surface area contributed by atoms with E-state index in [0.717, 1.165) is 11.1 Å². The fraction of sp³-hybridized carbons (Fsp3) is 0.133. The Balaban J connectivity index is 2.32. The van der Waals surface area contributed by atoms with E-state index < -0.39 is 0 Å². The van der Waals surface area contributed by atoms with Crippen LogP contribution in [-0.2, 0) is 0 Å². The normalized spacial score (nSPS) is 10.4. The van der Waals surface area contributed by atoms with E-state index in [0.29, 0.717) is 27.0 Å². The first-order valence-corrected chi connectivity index (χ1v) is 6.77. The third-order valence-corrected chi connectivity index (χ3v) is 3.72. The molecule has 0 atom stereocenters. The highest BCUT2D eigenvalue weighted by Crippen LogP contribution is 2.29. The lowest BCUT2D eigenvalue weighted by molar-refractivity contribution is 0.102. The summed E-state index contributed by atoms with van der Waals surface area (Å²) in [5.41, 5.74) is 8.93. The summed E-state index contributed by atoms with van der Waals surface area (Å²) < 4.78 is 0. The lowest BCUT2D eigenvalue weighted by atomic mass is 10.1. The predicted octanol–water partition coefficient (Wildman–Crippen LogP) is 4.44. The van der Waals surface area contributed by atoms with Crippen LogP contribution in [0.25, 0.3) is 0 Å². The van der Waals surface area contributed by atoms with Crippen LogP contribution in [-0.4, -0.2) is 5.91 Å². The van der Waals surface area contributed by atoms with Crippen molar-refractivity contribution in [3.63, 3.8) is 0 Å². The molecular formula is C15H14Cl2N2O. The molecule has 0 bridgehead atoms. The van der Waals surface area contributed by atoms with Crippen molar-refractivity contribution >= 4 is 40.5 Å². The molecule has 0 fully saturated rings. The molecule has 0 saturated heterocycles. The van der Waals surface area contributed by atoms with Gasteiger partial charge in [0.1, 0.15) is 0 Å². The van der Waals surface area contributed by atoms with Crippen LogP contribution in [0, 0.1) is 13.8 Å². The number of anilines is 2. The van der Waals surface area contributed by atoms with Crippen molar-refractivity contribution in [2.45, 2.75) is 13.8 Å². The van der Waals surface area contributed by atoms with Crippen LogP contribution in [0.4, 0.5) is 11.4 Å². The maximum Gasteiger partial charge on any atom is 0.256 e. The van der Waals surface area contributed by atoms with Gasteiger partial charge in [-0.3, -0.25) is 4.79 Å². The van der Waals surface area contributed by atoms with Crippen LogP contribution in [0.15, 0.2) is 30.3 Å². The highest BCUT2D eigenvalue weighted by molar-refractivity contribution is 6.36. The first kappa shape index (κ1) is 14.7. The molecule has 104 valence electrons. The number of hydrogen-bond acceptors (Lipinski definition) is 2. The molecule has 5 heteroatoms. The van der Waals surface area contributed by atoms with E-state index >= 15 is 0 Å². The zero-order valence-electron chi connectivity index (χ0n) is 11.1. The Bertz CT molecular complexity index is 684. The van der Waals surface area contributed by atoms with Gasteiger partial charge in [-0.1, -0.05) is 29.3 Å². The van der Waals surface area contributed by atoms with Gasteiger partial charge in [0.05, 0.1) is 10.7 Å². The predicted molar refractivity (Wildman–Crippen MR) is 84.7 cm³/mol. The molecule has 0 aliphatic rings. The van der Waals surface area contributed by atoms with Gasteiger partial charge in [-0.05, 0) is 49.2 Å². The fourth-order valence-corrected chi connectivity index (χ4v) is 2.25. The van der Waals surface area contributed by atoms with E-state index in [-0.39, 0.29) is 5.91 Å². The Hall–Kier alpha value is -1.71. The van der Waals surface area contributed by atoms with E-state index in [1.807, 2.05) is 13.8 Å². The second kappa shape index (κ2) is 5.73. The number of amides is 1. The van der Waals surface area contributed by atoms with Crippen LogP contribution in [0.2, 0.25) is 10.0 Å². The minimum atomic E-state index is -0.267. The van der Waals surface area contributed by atoms with Gasteiger partial charge < -0.3 is 11.1 Å². The minimum Gasteiger partial charge on any atom is -0.399 e. The molecule has 3 N–H and O–H groups in total. The van der Waals surface area contributed by atoms with Gasteiger partial charge in [-0.25, -0.2) is 0 Å². The van der Waals surface area contributed by atoms with Gasteiger partial charge in [-0.15, -0.1) is 0 Å². The monoisotopic (exact) mass is 308 g/mol. The van der Waals surface area contributed by atoms with Gasteiger partial charge >= 0.3 is 0 Å². The fourth-order valence-electron chi connectivity index (χ4n) is 1.82. The van der Waals surface area contributed by atoms with Crippen LogP contribution >= 0.6 is 23.2 Å². The SMILES string of the molecule is Cc1cc(Cl)c(NC(=O)c2cc(N)ccc2C)cc1Cl. The van der Waals surface area contributed by atoms with Crippen molar-refractivity contribution < 1.29 is 4.79 Å². The summed E-state index contributed by atoms with van der Waals surface area (Å²) in [7, 11) is 0. The minimum absolute atomic E-state index is 0.267. The number of carbonyl (C=O) groups is 1. The molecular weight excluding hydrogens is 295 g/mol. The van der Waals surface area contributed by atoms with E-state index in [9.17, 15) is 4.79 Å². The molecule has 0 unspecified atom stereocenters. The molecule has 20 heavy (non-hydrogen) atoms. The summed E-state index contributed by atoms with van der Waals surface area (Å²) in [5.74, 6) is -0.267. The summed E-state index contributed by atoms with van der Waals surface area (Å²) in [5, 5.41) is 3.75. The maximum absolute atomic E-state index is 12.3. The average Bonchev–Trinajstić information content (AvgIpc) is 2.38. The van der Waals surface area contributed by atoms with Crippen LogP contribution in [0.5, 0.6) is 0 Å². The first-order valence-electron chi connectivity index (χ1n) is 6.01. The number of halogens is 2. The van der Waals surface area contributed by atoms with Crippen LogP contribution < -0.4 is 11.1 Å². The molecule has 1 amide bonds. The van der Waals surface area contributed by atoms with E-state index in [2.05, 4.69) is 5.32 Å². The first-order chi connectivity index (χ1) is 9.38. The highest BCUT2D eigenvalue weighted by atomic mass is 35.5. The van der Waals surface area contributed by atoms with E-state index in [1.54, 1.807) is 30.3 Å². The number of rotatable bonds is 2. The number of nitrogen functional groups attached to an aromatic ring is 1. The second-order valence-corrected chi connectivity index (χ2v) is 5.42. The number of nitrogens with one attached hydrogen (secondary N) is 1. The summed E-state index contributed by atoms with van der Waals surface area (Å²) in [4.78, 5) is 12.3. The van der Waals surface area contributed by atoms with Crippen molar-refractivity contribution in [3.05, 3.63) is 57.1 Å². The van der Waals surface area contributed by atoms with Crippen molar-refractivity contribution in [2.24, 2.45) is 0 Å². The smallest absolute Gasteiger partial charge is 0.256 e. The van der Waals surface area contributed by atoms with Gasteiger partial charge in [0, 0.05) is 16.3 Å². The van der Waals surface area contributed by atoms with Crippen molar-refractivity contribution in [1.82, 2.24) is 0 Å². The van der Waals surface area contributed by atoms with Gasteiger partial charge in [0.15, 0.2) is 0 Å². The van der Waals surface area contributed by atoms with E-state index in [4.69, 9.17) is 28.9 Å². The molecule has 0 heterocycles. The Kier molecular flexibility index (Phi) is 4.21. The van der Waals surface area contributed by atoms with E-state index in [1.165, 1.54) is 0 Å². The molecule has 0 radical (unpaired) electrons. The third kappa shape index (κ3) is 3.06. The standard InChI is InChI=1S/C15H14Cl2N2O/c1-8-3-4-10(18)6-11(8)15(20)19-14-7-12(16)9(2)5-13(14)17/h3-7H,18H2,1-2H3,(H,19,20). The molecule has 0 saturated carbocycles. The molecule has 2 aromatic carbocycles. The van der Waals surface area contributed by atoms with Crippen LogP contribution in [0.3, 0.4) is 0 Å². The second-order valence-electron chi connectivity index (χ2n) is 4.61.